The predicted molar refractivity (Wildman–Crippen MR) is 81.2 cm³/mol. The molecule has 0 saturated carbocycles. The highest BCUT2D eigenvalue weighted by atomic mass is 35.5. The van der Waals surface area contributed by atoms with Crippen molar-refractivity contribution in [2.24, 2.45) is 0 Å². The summed E-state index contributed by atoms with van der Waals surface area (Å²) in [7, 11) is 0. The molecule has 2 aromatic rings. The number of nitrogens with zero attached hydrogens (tertiary/aromatic N) is 1. The van der Waals surface area contributed by atoms with Crippen LogP contribution in [-0.2, 0) is 14.4 Å². The monoisotopic (exact) mass is 322 g/mol. The Morgan fingerprint density at radius 2 is 2.23 bits per heavy atom. The maximum Gasteiger partial charge on any atom is 0.249 e. The lowest BCUT2D eigenvalue weighted by atomic mass is 10.1. The summed E-state index contributed by atoms with van der Waals surface area (Å²) in [6, 6.07) is 1.38. The second-order valence-corrected chi connectivity index (χ2v) is 5.25. The first-order chi connectivity index (χ1) is 10.5. The van der Waals surface area contributed by atoms with Gasteiger partial charge in [-0.2, -0.15) is 0 Å². The maximum atomic E-state index is 10.8. The van der Waals surface area contributed by atoms with Gasteiger partial charge in [-0.15, -0.1) is 0 Å². The largest absolute Gasteiger partial charge is 0.347 e. The Morgan fingerprint density at radius 3 is 2.91 bits per heavy atom. The van der Waals surface area contributed by atoms with E-state index < -0.39 is 11.9 Å². The Morgan fingerprint density at radius 1 is 1.45 bits per heavy atom. The maximum absolute atomic E-state index is 10.8. The minimum atomic E-state index is -0.537. The minimum Gasteiger partial charge on any atom is -0.347 e. The van der Waals surface area contributed by atoms with Gasteiger partial charge in [-0.05, 0) is 25.0 Å². The number of fused-ring (bicyclic) bond motifs is 1. The minimum absolute atomic E-state index is 0.279. The highest BCUT2D eigenvalue weighted by Gasteiger charge is 2.25. The molecule has 0 aromatic carbocycles. The third-order valence-corrected chi connectivity index (χ3v) is 3.42. The van der Waals surface area contributed by atoms with Crippen LogP contribution in [0, 0.1) is 6.92 Å². The molecule has 3 amide bonds. The molecule has 1 fully saturated rings. The molecule has 1 atom stereocenters. The smallest absolute Gasteiger partial charge is 0.249 e. The number of halogens is 1. The van der Waals surface area contributed by atoms with E-state index in [0.29, 0.717) is 17.9 Å². The molecule has 0 aliphatic carbocycles. The van der Waals surface area contributed by atoms with Gasteiger partial charge in [-0.3, -0.25) is 19.7 Å². The summed E-state index contributed by atoms with van der Waals surface area (Å²) in [4.78, 5) is 38.5. The lowest BCUT2D eigenvalue weighted by molar-refractivity contribution is -0.135. The van der Waals surface area contributed by atoms with Gasteiger partial charge in [-0.1, -0.05) is 11.6 Å². The number of rotatable bonds is 2. The van der Waals surface area contributed by atoms with E-state index >= 15 is 0 Å². The van der Waals surface area contributed by atoms with Gasteiger partial charge in [0.1, 0.15) is 11.7 Å². The van der Waals surface area contributed by atoms with Crippen molar-refractivity contribution < 1.29 is 14.4 Å². The summed E-state index contributed by atoms with van der Waals surface area (Å²) in [5.41, 5.74) is 2.07. The van der Waals surface area contributed by atoms with Crippen LogP contribution in [0.25, 0.3) is 11.0 Å². The summed E-state index contributed by atoms with van der Waals surface area (Å²) in [5, 5.41) is 6.20. The molecule has 0 radical (unpaired) electrons. The zero-order valence-electron chi connectivity index (χ0n) is 11.9. The van der Waals surface area contributed by atoms with Gasteiger partial charge in [0.05, 0.1) is 5.02 Å². The molecule has 3 heterocycles. The summed E-state index contributed by atoms with van der Waals surface area (Å²) in [6.07, 6.45) is 4.70. The molecule has 3 rings (SSSR count). The molecule has 0 spiro atoms. The molecule has 8 heteroatoms. The van der Waals surface area contributed by atoms with E-state index in [1.807, 2.05) is 19.2 Å². The van der Waals surface area contributed by atoms with Gasteiger partial charge in [0.2, 0.25) is 18.2 Å². The van der Waals surface area contributed by atoms with Crippen LogP contribution < -0.4 is 10.6 Å². The molecule has 22 heavy (non-hydrogen) atoms. The zero-order chi connectivity index (χ0) is 16.1. The van der Waals surface area contributed by atoms with E-state index in [9.17, 15) is 14.4 Å². The average molecular weight is 323 g/mol. The molecule has 1 aliphatic heterocycles. The molecule has 0 bridgehead atoms. The third-order valence-electron chi connectivity index (χ3n) is 3.21. The molecular formula is C14H15ClN4O3. The van der Waals surface area contributed by atoms with Crippen molar-refractivity contribution in [2.75, 3.05) is 0 Å². The number of nitrogens with one attached hydrogen (secondary N) is 3. The van der Waals surface area contributed by atoms with Crippen LogP contribution in [0.1, 0.15) is 18.4 Å². The predicted octanol–water partition coefficient (Wildman–Crippen LogP) is 1.06. The van der Waals surface area contributed by atoms with Crippen LogP contribution in [0.3, 0.4) is 0 Å². The molecule has 116 valence electrons. The van der Waals surface area contributed by atoms with E-state index in [-0.39, 0.29) is 12.3 Å². The molecule has 1 unspecified atom stereocenters. The second kappa shape index (κ2) is 7.04. The lowest BCUT2D eigenvalue weighted by Gasteiger charge is -2.19. The fourth-order valence-corrected chi connectivity index (χ4v) is 2.20. The van der Waals surface area contributed by atoms with Gasteiger partial charge in [0.25, 0.3) is 0 Å². The first kappa shape index (κ1) is 16.0. The number of imide groups is 1. The molecule has 2 aromatic heterocycles. The molecule has 7 nitrogen and oxygen atoms in total. The SMILES string of the molecule is Cc1c[nH]c2ncc(Cl)cc12.O=CNC1CCC(=O)NC1=O. The molecular weight excluding hydrogens is 308 g/mol. The first-order valence-electron chi connectivity index (χ1n) is 6.64. The molecule has 1 aliphatic rings. The van der Waals surface area contributed by atoms with Gasteiger partial charge < -0.3 is 10.3 Å². The number of piperidine rings is 1. The van der Waals surface area contributed by atoms with Crippen LogP contribution in [-0.4, -0.2) is 34.2 Å². The van der Waals surface area contributed by atoms with Crippen molar-refractivity contribution in [3.8, 4) is 0 Å². The summed E-state index contributed by atoms with van der Waals surface area (Å²) in [5.74, 6) is -0.702. The Labute approximate surface area is 131 Å². The average Bonchev–Trinajstić information content (AvgIpc) is 2.84. The van der Waals surface area contributed by atoms with Crippen LogP contribution in [0.15, 0.2) is 18.5 Å². The highest BCUT2D eigenvalue weighted by Crippen LogP contribution is 2.18. The number of hydrogen-bond acceptors (Lipinski definition) is 4. The number of carbonyl (C=O) groups excluding carboxylic acids is 3. The number of pyridine rings is 1. The van der Waals surface area contributed by atoms with Crippen LogP contribution in [0.5, 0.6) is 0 Å². The number of aromatic amines is 1. The van der Waals surface area contributed by atoms with Crippen molar-refractivity contribution in [3.05, 3.63) is 29.0 Å². The quantitative estimate of drug-likeness (QED) is 0.568. The summed E-state index contributed by atoms with van der Waals surface area (Å²) >= 11 is 5.77. The number of aryl methyl sites for hydroxylation is 1. The Hall–Kier alpha value is -2.41. The zero-order valence-corrected chi connectivity index (χ0v) is 12.6. The third kappa shape index (κ3) is 3.82. The van der Waals surface area contributed by atoms with Gasteiger partial charge in [0.15, 0.2) is 0 Å². The fourth-order valence-electron chi connectivity index (χ4n) is 2.04. The van der Waals surface area contributed by atoms with E-state index in [1.54, 1.807) is 6.20 Å². The van der Waals surface area contributed by atoms with Gasteiger partial charge >= 0.3 is 0 Å². The van der Waals surface area contributed by atoms with E-state index in [0.717, 1.165) is 11.0 Å². The number of hydrogen-bond donors (Lipinski definition) is 3. The van der Waals surface area contributed by atoms with Crippen molar-refractivity contribution in [3.63, 3.8) is 0 Å². The topological polar surface area (TPSA) is 104 Å². The normalized spacial score (nSPS) is 17.5. The van der Waals surface area contributed by atoms with Crippen molar-refractivity contribution >= 4 is 40.9 Å². The van der Waals surface area contributed by atoms with E-state index in [4.69, 9.17) is 11.6 Å². The number of aromatic nitrogens is 2. The van der Waals surface area contributed by atoms with Crippen molar-refractivity contribution in [2.45, 2.75) is 25.8 Å². The Bertz CT molecular complexity index is 713. The molecule has 3 N–H and O–H groups in total. The Kier molecular flexibility index (Phi) is 5.11. The van der Waals surface area contributed by atoms with Crippen molar-refractivity contribution in [1.29, 1.82) is 0 Å². The summed E-state index contributed by atoms with van der Waals surface area (Å²) in [6.45, 7) is 2.02. The lowest BCUT2D eigenvalue weighted by Crippen LogP contribution is -2.50. The standard InChI is InChI=1S/C8H7ClN2.C6H8N2O3/c1-5-3-10-8-7(5)2-6(9)4-11-8;9-3-7-4-1-2-5(10)8-6(4)11/h2-4H,1H3,(H,10,11);3-4H,1-2H2,(H,7,9)(H,8,10,11). The van der Waals surface area contributed by atoms with Crippen LogP contribution in [0.4, 0.5) is 0 Å². The fraction of sp³-hybridized carbons (Fsp3) is 0.286. The number of carbonyl (C=O) groups is 3. The summed E-state index contributed by atoms with van der Waals surface area (Å²) < 4.78 is 0. The van der Waals surface area contributed by atoms with Gasteiger partial charge in [-0.25, -0.2) is 4.98 Å². The van der Waals surface area contributed by atoms with Crippen LogP contribution >= 0.6 is 11.6 Å². The number of amides is 3. The van der Waals surface area contributed by atoms with Crippen molar-refractivity contribution in [1.82, 2.24) is 20.6 Å². The highest BCUT2D eigenvalue weighted by molar-refractivity contribution is 6.31. The molecule has 1 saturated heterocycles. The van der Waals surface area contributed by atoms with Crippen LogP contribution in [0.2, 0.25) is 5.02 Å². The van der Waals surface area contributed by atoms with E-state index in [2.05, 4.69) is 20.6 Å². The second-order valence-electron chi connectivity index (χ2n) is 4.81. The van der Waals surface area contributed by atoms with E-state index in [1.165, 1.54) is 5.56 Å². The van der Waals surface area contributed by atoms with Gasteiger partial charge in [0, 0.05) is 24.2 Å². The first-order valence-corrected chi connectivity index (χ1v) is 7.01. The Balaban J connectivity index is 0.000000160. The number of H-pyrrole nitrogens is 1.